The van der Waals surface area contributed by atoms with E-state index in [2.05, 4.69) is 24.3 Å². The second kappa shape index (κ2) is 8.34. The van der Waals surface area contributed by atoms with Gasteiger partial charge in [-0.25, -0.2) is 4.79 Å². The molecule has 0 saturated carbocycles. The minimum absolute atomic E-state index is 0.316. The molecule has 158 valence electrons. The molecule has 0 aliphatic rings. The lowest BCUT2D eigenvalue weighted by Crippen LogP contribution is -2.49. The maximum absolute atomic E-state index is 13.4. The standard InChI is InChI=1S/C25H30N2O3/c1-17-6-10-20(11-7-17)14-15-25(4,5)27-23(29)16-22(28)26(24(27)30)19(3)21-12-8-18(2)9-13-21/h6-13,16,19,28H,14-15H2,1-5H3. The summed E-state index contributed by atoms with van der Waals surface area (Å²) >= 11 is 0. The number of hydrogen-bond acceptors (Lipinski definition) is 3. The highest BCUT2D eigenvalue weighted by molar-refractivity contribution is 5.26. The average Bonchev–Trinajstić information content (AvgIpc) is 2.67. The maximum Gasteiger partial charge on any atom is 0.334 e. The van der Waals surface area contributed by atoms with E-state index in [9.17, 15) is 14.7 Å². The van der Waals surface area contributed by atoms with Crippen LogP contribution in [0.1, 0.15) is 55.5 Å². The monoisotopic (exact) mass is 406 g/mol. The lowest BCUT2D eigenvalue weighted by molar-refractivity contribution is 0.282. The molecule has 1 aromatic heterocycles. The second-order valence-electron chi connectivity index (χ2n) is 8.71. The molecule has 0 radical (unpaired) electrons. The van der Waals surface area contributed by atoms with Crippen LogP contribution in [0, 0.1) is 13.8 Å². The molecule has 0 amide bonds. The van der Waals surface area contributed by atoms with E-state index < -0.39 is 22.8 Å². The Hall–Kier alpha value is -3.08. The number of aromatic hydroxyl groups is 1. The van der Waals surface area contributed by atoms with Crippen molar-refractivity contribution in [2.24, 2.45) is 0 Å². The summed E-state index contributed by atoms with van der Waals surface area (Å²) in [6.45, 7) is 9.67. The third-order valence-electron chi connectivity index (χ3n) is 5.82. The third-order valence-corrected chi connectivity index (χ3v) is 5.82. The summed E-state index contributed by atoms with van der Waals surface area (Å²) in [5.41, 5.74) is 2.67. The Kier molecular flexibility index (Phi) is 6.01. The molecule has 2 aromatic carbocycles. The van der Waals surface area contributed by atoms with Gasteiger partial charge in [0.25, 0.3) is 5.56 Å². The van der Waals surface area contributed by atoms with Crippen molar-refractivity contribution in [1.82, 2.24) is 9.13 Å². The quantitative estimate of drug-likeness (QED) is 0.663. The van der Waals surface area contributed by atoms with Crippen molar-refractivity contribution in [1.29, 1.82) is 0 Å². The van der Waals surface area contributed by atoms with Crippen molar-refractivity contribution < 1.29 is 5.11 Å². The van der Waals surface area contributed by atoms with Crippen molar-refractivity contribution in [3.05, 3.63) is 97.7 Å². The van der Waals surface area contributed by atoms with Gasteiger partial charge in [0, 0.05) is 5.54 Å². The van der Waals surface area contributed by atoms with E-state index in [1.165, 1.54) is 14.7 Å². The van der Waals surface area contributed by atoms with Crippen molar-refractivity contribution in [3.8, 4) is 5.88 Å². The Balaban J connectivity index is 1.99. The van der Waals surface area contributed by atoms with E-state index in [1.807, 2.05) is 58.9 Å². The van der Waals surface area contributed by atoms with Gasteiger partial charge in [-0.2, -0.15) is 0 Å². The van der Waals surface area contributed by atoms with Gasteiger partial charge in [0.05, 0.1) is 12.1 Å². The number of nitrogens with zero attached hydrogens (tertiary/aromatic N) is 2. The van der Waals surface area contributed by atoms with Gasteiger partial charge < -0.3 is 5.11 Å². The summed E-state index contributed by atoms with van der Waals surface area (Å²) in [5.74, 6) is -0.316. The van der Waals surface area contributed by atoms with Crippen LogP contribution >= 0.6 is 0 Å². The molecule has 0 aliphatic heterocycles. The topological polar surface area (TPSA) is 64.2 Å². The Bertz CT molecular complexity index is 1140. The van der Waals surface area contributed by atoms with Crippen LogP contribution in [0.4, 0.5) is 0 Å². The first-order valence-electron chi connectivity index (χ1n) is 10.3. The predicted octanol–water partition coefficient (Wildman–Crippen LogP) is 4.31. The molecule has 5 heteroatoms. The van der Waals surface area contributed by atoms with E-state index in [1.54, 1.807) is 0 Å². The number of hydrogen-bond donors (Lipinski definition) is 1. The van der Waals surface area contributed by atoms with Crippen molar-refractivity contribution in [2.75, 3.05) is 0 Å². The van der Waals surface area contributed by atoms with Crippen LogP contribution in [0.2, 0.25) is 0 Å². The lowest BCUT2D eigenvalue weighted by atomic mass is 9.94. The molecule has 3 aromatic rings. The number of aromatic nitrogens is 2. The fraction of sp³-hybridized carbons (Fsp3) is 0.360. The minimum atomic E-state index is -0.707. The van der Waals surface area contributed by atoms with E-state index >= 15 is 0 Å². The van der Waals surface area contributed by atoms with Gasteiger partial charge in [-0.3, -0.25) is 13.9 Å². The molecule has 3 rings (SSSR count). The third kappa shape index (κ3) is 4.40. The van der Waals surface area contributed by atoms with Crippen molar-refractivity contribution >= 4 is 0 Å². The van der Waals surface area contributed by atoms with E-state index in [-0.39, 0.29) is 5.88 Å². The first-order valence-corrected chi connectivity index (χ1v) is 10.3. The number of rotatable bonds is 6. The molecule has 1 N–H and O–H groups in total. The normalized spacial score (nSPS) is 12.7. The summed E-state index contributed by atoms with van der Waals surface area (Å²) < 4.78 is 2.56. The smallest absolute Gasteiger partial charge is 0.334 e. The lowest BCUT2D eigenvalue weighted by Gasteiger charge is -2.29. The molecule has 0 saturated heterocycles. The fourth-order valence-electron chi connectivity index (χ4n) is 3.78. The Labute approximate surface area is 177 Å². The van der Waals surface area contributed by atoms with Crippen molar-refractivity contribution in [3.63, 3.8) is 0 Å². The molecule has 1 heterocycles. The van der Waals surface area contributed by atoms with E-state index in [0.29, 0.717) is 6.42 Å². The highest BCUT2D eigenvalue weighted by Crippen LogP contribution is 2.23. The highest BCUT2D eigenvalue weighted by Gasteiger charge is 2.27. The van der Waals surface area contributed by atoms with Gasteiger partial charge in [0.15, 0.2) is 0 Å². The first-order chi connectivity index (χ1) is 14.1. The van der Waals surface area contributed by atoms with Gasteiger partial charge in [0.2, 0.25) is 5.88 Å². The zero-order valence-electron chi connectivity index (χ0n) is 18.3. The SMILES string of the molecule is Cc1ccc(CCC(C)(C)n2c(=O)cc(O)n(C(C)c3ccc(C)cc3)c2=O)cc1. The van der Waals surface area contributed by atoms with Gasteiger partial charge >= 0.3 is 5.69 Å². The van der Waals surface area contributed by atoms with Gasteiger partial charge in [-0.15, -0.1) is 0 Å². The summed E-state index contributed by atoms with van der Waals surface area (Å²) in [5, 5.41) is 10.4. The average molecular weight is 407 g/mol. The maximum atomic E-state index is 13.4. The molecule has 5 nitrogen and oxygen atoms in total. The summed E-state index contributed by atoms with van der Waals surface area (Å²) in [6, 6.07) is 16.8. The Morgan fingerprint density at radius 2 is 1.47 bits per heavy atom. The molecular weight excluding hydrogens is 376 g/mol. The first kappa shape index (κ1) is 21.6. The van der Waals surface area contributed by atoms with Gasteiger partial charge in [-0.1, -0.05) is 59.7 Å². The summed E-state index contributed by atoms with van der Waals surface area (Å²) in [4.78, 5) is 26.1. The molecule has 0 spiro atoms. The minimum Gasteiger partial charge on any atom is -0.494 e. The molecule has 0 fully saturated rings. The van der Waals surface area contributed by atoms with Crippen LogP contribution in [0.25, 0.3) is 0 Å². The van der Waals surface area contributed by atoms with Crippen molar-refractivity contribution in [2.45, 2.75) is 59.0 Å². The summed E-state index contributed by atoms with van der Waals surface area (Å²) in [7, 11) is 0. The number of benzene rings is 2. The molecule has 30 heavy (non-hydrogen) atoms. The Morgan fingerprint density at radius 1 is 0.933 bits per heavy atom. The predicted molar refractivity (Wildman–Crippen MR) is 120 cm³/mol. The zero-order chi connectivity index (χ0) is 22.1. The van der Waals surface area contributed by atoms with Gasteiger partial charge in [-0.05, 0) is 58.6 Å². The van der Waals surface area contributed by atoms with Gasteiger partial charge in [0.1, 0.15) is 0 Å². The summed E-state index contributed by atoms with van der Waals surface area (Å²) in [6.07, 6.45) is 1.36. The Morgan fingerprint density at radius 3 is 2.03 bits per heavy atom. The molecule has 0 aliphatic carbocycles. The fourth-order valence-corrected chi connectivity index (χ4v) is 3.78. The molecular formula is C25H30N2O3. The van der Waals surface area contributed by atoms with E-state index in [4.69, 9.17) is 0 Å². The number of aryl methyl sites for hydroxylation is 3. The highest BCUT2D eigenvalue weighted by atomic mass is 16.3. The van der Waals surface area contributed by atoms with Crippen LogP contribution in [0.5, 0.6) is 5.88 Å². The second-order valence-corrected chi connectivity index (χ2v) is 8.71. The molecule has 1 atom stereocenters. The van der Waals surface area contributed by atoms with Crippen LogP contribution in [-0.4, -0.2) is 14.2 Å². The van der Waals surface area contributed by atoms with E-state index in [0.717, 1.165) is 29.2 Å². The molecule has 1 unspecified atom stereocenters. The van der Waals surface area contributed by atoms with Crippen LogP contribution < -0.4 is 11.2 Å². The van der Waals surface area contributed by atoms with Crippen LogP contribution in [-0.2, 0) is 12.0 Å². The van der Waals surface area contributed by atoms with Crippen LogP contribution in [0.3, 0.4) is 0 Å². The zero-order valence-corrected chi connectivity index (χ0v) is 18.3. The van der Waals surface area contributed by atoms with Crippen LogP contribution in [0.15, 0.2) is 64.2 Å². The largest absolute Gasteiger partial charge is 0.494 e. The molecule has 0 bridgehead atoms.